The van der Waals surface area contributed by atoms with Crippen molar-refractivity contribution in [2.75, 3.05) is 0 Å². The molecule has 0 saturated heterocycles. The minimum Gasteiger partial charge on any atom is -1.00 e. The first-order chi connectivity index (χ1) is 9.34. The fourth-order valence-corrected chi connectivity index (χ4v) is 2.43. The molecule has 0 saturated carbocycles. The van der Waals surface area contributed by atoms with Crippen molar-refractivity contribution in [3.63, 3.8) is 0 Å². The Hall–Kier alpha value is -0.617. The van der Waals surface area contributed by atoms with Crippen LogP contribution in [0.25, 0.3) is 10.8 Å². The zero-order valence-electron chi connectivity index (χ0n) is 12.4. The predicted molar refractivity (Wildman–Crippen MR) is 80.8 cm³/mol. The van der Waals surface area contributed by atoms with Gasteiger partial charge in [0.15, 0.2) is 0 Å². The van der Waals surface area contributed by atoms with Crippen LogP contribution in [0.2, 0.25) is 0 Å². The number of halogens is 2. The van der Waals surface area contributed by atoms with Crippen molar-refractivity contribution in [2.24, 2.45) is 0 Å². The van der Waals surface area contributed by atoms with Crippen LogP contribution in [0.4, 0.5) is 0 Å². The molecule has 2 aromatic carbocycles. The van der Waals surface area contributed by atoms with Crippen LogP contribution in [0, 0.1) is 12.2 Å². The summed E-state index contributed by atoms with van der Waals surface area (Å²) in [6, 6.07) is 12.9. The first-order valence-corrected chi connectivity index (χ1v) is 6.67. The van der Waals surface area contributed by atoms with Gasteiger partial charge in [0.1, 0.15) is 0 Å². The Bertz CT molecular complexity index is 697. The number of rotatable bonds is 0. The molecule has 4 rings (SSSR count). The van der Waals surface area contributed by atoms with Gasteiger partial charge in [0.25, 0.3) is 0 Å². The molecule has 0 N–H and O–H groups in total. The summed E-state index contributed by atoms with van der Waals surface area (Å²) in [6.45, 7) is 2.06. The maximum Gasteiger partial charge on any atom is 4.00 e. The summed E-state index contributed by atoms with van der Waals surface area (Å²) in [5.41, 5.74) is 3.96. The van der Waals surface area contributed by atoms with Gasteiger partial charge in [-0.15, -0.1) is 29.5 Å². The quantitative estimate of drug-likeness (QED) is 0.483. The average Bonchev–Trinajstić information content (AvgIpc) is 3.10. The molecule has 0 nitrogen and oxygen atoms in total. The van der Waals surface area contributed by atoms with E-state index in [1.165, 1.54) is 27.5 Å². The van der Waals surface area contributed by atoms with E-state index in [0.29, 0.717) is 0 Å². The second-order valence-corrected chi connectivity index (χ2v) is 4.84. The molecule has 0 atom stereocenters. The fraction of sp³-hybridized carbons (Fsp3) is 0.158. The second-order valence-electron chi connectivity index (χ2n) is 4.84. The topological polar surface area (TPSA) is 0 Å². The Morgan fingerprint density at radius 2 is 1.77 bits per heavy atom. The molecule has 0 heterocycles. The summed E-state index contributed by atoms with van der Waals surface area (Å²) >= 11 is 0. The van der Waals surface area contributed by atoms with Gasteiger partial charge in [-0.1, -0.05) is 43.0 Å². The van der Waals surface area contributed by atoms with Crippen molar-refractivity contribution >= 4 is 10.8 Å². The van der Waals surface area contributed by atoms with Crippen molar-refractivity contribution in [2.45, 2.75) is 19.8 Å². The first kappa shape index (κ1) is 21.4. The van der Waals surface area contributed by atoms with Gasteiger partial charge in [-0.25, -0.2) is 11.6 Å². The van der Waals surface area contributed by atoms with E-state index in [9.17, 15) is 0 Å². The summed E-state index contributed by atoms with van der Waals surface area (Å²) in [5, 5.41) is 2.64. The Morgan fingerprint density at radius 1 is 1.00 bits per heavy atom. The van der Waals surface area contributed by atoms with E-state index in [0.717, 1.165) is 12.8 Å². The van der Waals surface area contributed by atoms with Gasteiger partial charge in [-0.05, 0) is 0 Å². The summed E-state index contributed by atoms with van der Waals surface area (Å²) in [4.78, 5) is 0. The molecule has 0 radical (unpaired) electrons. The van der Waals surface area contributed by atoms with Crippen LogP contribution < -0.4 is 24.8 Å². The summed E-state index contributed by atoms with van der Waals surface area (Å²) < 4.78 is 0. The Balaban J connectivity index is 0.000000429. The van der Waals surface area contributed by atoms with E-state index in [1.807, 2.05) is 0 Å². The molecule has 0 fully saturated rings. The van der Waals surface area contributed by atoms with Crippen LogP contribution in [0.15, 0.2) is 60.2 Å². The Kier molecular flexibility index (Phi) is 9.93. The van der Waals surface area contributed by atoms with Gasteiger partial charge in [0, 0.05) is 0 Å². The third-order valence-corrected chi connectivity index (χ3v) is 3.45. The molecule has 2 aliphatic rings. The third kappa shape index (κ3) is 4.95. The van der Waals surface area contributed by atoms with Crippen LogP contribution in [0.3, 0.4) is 0 Å². The predicted octanol–water partition coefficient (Wildman–Crippen LogP) is -1.20. The number of hydrogen-bond acceptors (Lipinski definition) is 0. The van der Waals surface area contributed by atoms with E-state index in [4.69, 9.17) is 0 Å². The van der Waals surface area contributed by atoms with E-state index in [-0.39, 0.29) is 51.0 Å². The number of fused-ring (bicyclic) bond motifs is 3. The van der Waals surface area contributed by atoms with E-state index in [1.54, 1.807) is 0 Å². The molecule has 3 heteroatoms. The average molecular weight is 406 g/mol. The minimum atomic E-state index is 0. The smallest absolute Gasteiger partial charge is 1.00 e. The molecule has 0 bridgehead atoms. The standard InChI is InChI=1S/C13H9.C6H7.2ClH.Zr/c1-2-6-12-10(4-1)8-9-11-5-3-7-13(11)12;1-6-4-2-3-5-6;;;/h1-4,6,8-9H,5H2;2,4H,3H2,1H3;2*1H;/q2*-1;;;+4/p-2. The molecule has 110 valence electrons. The van der Waals surface area contributed by atoms with Gasteiger partial charge in [-0.2, -0.15) is 23.8 Å². The van der Waals surface area contributed by atoms with E-state index >= 15 is 0 Å². The number of allylic oxidation sites excluding steroid dienone is 5. The molecule has 2 aromatic rings. The van der Waals surface area contributed by atoms with E-state index < -0.39 is 0 Å². The van der Waals surface area contributed by atoms with Gasteiger partial charge in [0.05, 0.1) is 0 Å². The van der Waals surface area contributed by atoms with Crippen LogP contribution in [0.1, 0.15) is 24.5 Å². The molecule has 22 heavy (non-hydrogen) atoms. The molecule has 0 aliphatic heterocycles. The van der Waals surface area contributed by atoms with Crippen molar-refractivity contribution < 1.29 is 51.0 Å². The number of benzene rings is 2. The summed E-state index contributed by atoms with van der Waals surface area (Å²) in [7, 11) is 0. The molecule has 2 aliphatic carbocycles. The molecular weight excluding hydrogens is 390 g/mol. The molecular formula is C19H16Cl2Zr. The van der Waals surface area contributed by atoms with Crippen molar-refractivity contribution in [3.05, 3.63) is 83.5 Å². The SMILES string of the molecule is CC1=[C-]CC=C1.[C-]1=CCc2ccc3ccccc3c21.[Cl-].[Cl-].[Zr+4]. The van der Waals surface area contributed by atoms with Crippen LogP contribution in [-0.4, -0.2) is 0 Å². The zero-order valence-corrected chi connectivity index (χ0v) is 16.3. The third-order valence-electron chi connectivity index (χ3n) is 3.45. The normalized spacial score (nSPS) is 13.0. The monoisotopic (exact) mass is 404 g/mol. The molecule has 0 amide bonds. The molecule has 0 spiro atoms. The van der Waals surface area contributed by atoms with Crippen LogP contribution in [0.5, 0.6) is 0 Å². The summed E-state index contributed by atoms with van der Waals surface area (Å²) in [5.74, 6) is 0. The first-order valence-electron chi connectivity index (χ1n) is 6.67. The maximum absolute atomic E-state index is 3.32. The van der Waals surface area contributed by atoms with Gasteiger partial charge in [-0.3, -0.25) is 6.08 Å². The van der Waals surface area contributed by atoms with Crippen molar-refractivity contribution in [1.29, 1.82) is 0 Å². The van der Waals surface area contributed by atoms with E-state index in [2.05, 4.69) is 73.7 Å². The van der Waals surface area contributed by atoms with Gasteiger partial charge in [0.2, 0.25) is 0 Å². The van der Waals surface area contributed by atoms with Crippen molar-refractivity contribution in [3.8, 4) is 0 Å². The largest absolute Gasteiger partial charge is 4.00 e. The Morgan fingerprint density at radius 3 is 2.41 bits per heavy atom. The Labute approximate surface area is 164 Å². The van der Waals surface area contributed by atoms with Crippen molar-refractivity contribution in [1.82, 2.24) is 0 Å². The van der Waals surface area contributed by atoms with Crippen LogP contribution in [-0.2, 0) is 32.6 Å². The summed E-state index contributed by atoms with van der Waals surface area (Å²) in [6.07, 6.45) is 14.8. The van der Waals surface area contributed by atoms with Gasteiger partial charge < -0.3 is 24.8 Å². The zero-order chi connectivity index (χ0) is 13.1. The fourth-order valence-electron chi connectivity index (χ4n) is 2.43. The molecule has 0 aromatic heterocycles. The minimum absolute atomic E-state index is 0. The number of hydrogen-bond donors (Lipinski definition) is 0. The maximum atomic E-state index is 3.32. The molecule has 0 unspecified atom stereocenters. The second kappa shape index (κ2) is 10.2. The van der Waals surface area contributed by atoms with Gasteiger partial charge >= 0.3 is 26.2 Å². The van der Waals surface area contributed by atoms with Crippen LogP contribution >= 0.6 is 0 Å².